The molecule has 0 fully saturated rings. The maximum Gasteiger partial charge on any atom is 0.258 e. The molecule has 0 aliphatic heterocycles. The smallest absolute Gasteiger partial charge is 0.258 e. The van der Waals surface area contributed by atoms with E-state index in [1.165, 1.54) is 0 Å². The van der Waals surface area contributed by atoms with Gasteiger partial charge < -0.3 is 4.90 Å². The fourth-order valence-corrected chi connectivity index (χ4v) is 2.20. The molecule has 98 valence electrons. The van der Waals surface area contributed by atoms with Gasteiger partial charge in [0.25, 0.3) is 5.91 Å². The monoisotopic (exact) mass is 253 g/mol. The average molecular weight is 253 g/mol. The van der Waals surface area contributed by atoms with Crippen molar-refractivity contribution in [3.63, 3.8) is 0 Å². The molecule has 2 heteroatoms. The van der Waals surface area contributed by atoms with Gasteiger partial charge in [0.05, 0.1) is 0 Å². The van der Waals surface area contributed by atoms with Crippen molar-refractivity contribution < 1.29 is 4.79 Å². The highest BCUT2D eigenvalue weighted by molar-refractivity contribution is 6.07. The van der Waals surface area contributed by atoms with Crippen LogP contribution in [0.2, 0.25) is 0 Å². The number of carbonyl (C=O) groups is 1. The number of aryl methyl sites for hydroxylation is 2. The number of hydrogen-bond donors (Lipinski definition) is 0. The predicted molar refractivity (Wildman–Crippen MR) is 79.7 cm³/mol. The van der Waals surface area contributed by atoms with Crippen LogP contribution in [-0.4, -0.2) is 12.5 Å². The van der Waals surface area contributed by atoms with Crippen molar-refractivity contribution in [2.24, 2.45) is 0 Å². The van der Waals surface area contributed by atoms with Crippen LogP contribution >= 0.6 is 0 Å². The molecule has 0 aliphatic carbocycles. The Hall–Kier alpha value is -2.09. The third-order valence-corrected chi connectivity index (χ3v) is 3.25. The van der Waals surface area contributed by atoms with Crippen LogP contribution in [0.15, 0.2) is 48.5 Å². The maximum absolute atomic E-state index is 12.6. The Bertz CT molecular complexity index is 589. The number of amides is 1. The van der Waals surface area contributed by atoms with Gasteiger partial charge in [0.1, 0.15) is 0 Å². The van der Waals surface area contributed by atoms with Crippen molar-refractivity contribution in [2.45, 2.75) is 20.8 Å². The molecule has 1 amide bonds. The molecule has 0 bridgehead atoms. The number of rotatable bonds is 3. The van der Waals surface area contributed by atoms with Crippen LogP contribution in [0.1, 0.15) is 28.4 Å². The van der Waals surface area contributed by atoms with Gasteiger partial charge in [0.15, 0.2) is 0 Å². The van der Waals surface area contributed by atoms with Gasteiger partial charge in [-0.15, -0.1) is 0 Å². The summed E-state index contributed by atoms with van der Waals surface area (Å²) < 4.78 is 0. The highest BCUT2D eigenvalue weighted by Crippen LogP contribution is 2.19. The van der Waals surface area contributed by atoms with Gasteiger partial charge in [-0.25, -0.2) is 0 Å². The summed E-state index contributed by atoms with van der Waals surface area (Å²) in [5.41, 5.74) is 3.90. The Balaban J connectivity index is 2.38. The Morgan fingerprint density at radius 3 is 2.42 bits per heavy atom. The van der Waals surface area contributed by atoms with Crippen molar-refractivity contribution in [3.05, 3.63) is 65.2 Å². The molecule has 0 aliphatic rings. The van der Waals surface area contributed by atoms with E-state index in [4.69, 9.17) is 0 Å². The first kappa shape index (κ1) is 13.3. The van der Waals surface area contributed by atoms with Gasteiger partial charge in [0.2, 0.25) is 0 Å². The molecule has 0 aromatic heterocycles. The van der Waals surface area contributed by atoms with Crippen LogP contribution in [0.4, 0.5) is 5.69 Å². The molecule has 0 saturated heterocycles. The Kier molecular flexibility index (Phi) is 4.00. The van der Waals surface area contributed by atoms with E-state index in [1.54, 1.807) is 0 Å². The SMILES string of the molecule is CCN(C(=O)c1ccccc1C)c1cccc(C)c1. The number of carbonyl (C=O) groups excluding carboxylic acids is 1. The third kappa shape index (κ3) is 2.84. The molecule has 0 heterocycles. The highest BCUT2D eigenvalue weighted by atomic mass is 16.2. The zero-order valence-corrected chi connectivity index (χ0v) is 11.7. The van der Waals surface area contributed by atoms with Crippen LogP contribution in [-0.2, 0) is 0 Å². The molecule has 0 radical (unpaired) electrons. The molecule has 0 atom stereocenters. The summed E-state index contributed by atoms with van der Waals surface area (Å²) in [5, 5.41) is 0. The van der Waals surface area contributed by atoms with E-state index in [0.717, 1.165) is 22.4 Å². The summed E-state index contributed by atoms with van der Waals surface area (Å²) >= 11 is 0. The number of nitrogens with zero attached hydrogens (tertiary/aromatic N) is 1. The molecule has 0 N–H and O–H groups in total. The van der Waals surface area contributed by atoms with E-state index in [9.17, 15) is 4.79 Å². The summed E-state index contributed by atoms with van der Waals surface area (Å²) in [4.78, 5) is 14.4. The topological polar surface area (TPSA) is 20.3 Å². The van der Waals surface area contributed by atoms with E-state index >= 15 is 0 Å². The Morgan fingerprint density at radius 1 is 1.05 bits per heavy atom. The normalized spacial score (nSPS) is 10.3. The van der Waals surface area contributed by atoms with Crippen molar-refractivity contribution in [2.75, 3.05) is 11.4 Å². The molecule has 0 spiro atoms. The van der Waals surface area contributed by atoms with Gasteiger partial charge in [-0.05, 0) is 50.1 Å². The molecular weight excluding hydrogens is 234 g/mol. The minimum atomic E-state index is 0.0613. The largest absolute Gasteiger partial charge is 0.309 e. The van der Waals surface area contributed by atoms with Gasteiger partial charge in [0, 0.05) is 17.8 Å². The minimum Gasteiger partial charge on any atom is -0.309 e. The Morgan fingerprint density at radius 2 is 1.79 bits per heavy atom. The summed E-state index contributed by atoms with van der Waals surface area (Å²) in [6.45, 7) is 6.67. The quantitative estimate of drug-likeness (QED) is 0.810. The Labute approximate surface area is 114 Å². The molecule has 2 aromatic rings. The van der Waals surface area contributed by atoms with Crippen molar-refractivity contribution in [1.82, 2.24) is 0 Å². The zero-order valence-electron chi connectivity index (χ0n) is 11.7. The summed E-state index contributed by atoms with van der Waals surface area (Å²) in [6.07, 6.45) is 0. The first-order valence-electron chi connectivity index (χ1n) is 6.57. The van der Waals surface area contributed by atoms with Crippen molar-refractivity contribution in [3.8, 4) is 0 Å². The maximum atomic E-state index is 12.6. The summed E-state index contributed by atoms with van der Waals surface area (Å²) in [6, 6.07) is 15.8. The molecule has 2 aromatic carbocycles. The van der Waals surface area contributed by atoms with Crippen LogP contribution in [0.25, 0.3) is 0 Å². The lowest BCUT2D eigenvalue weighted by atomic mass is 10.1. The fraction of sp³-hybridized carbons (Fsp3) is 0.235. The van der Waals surface area contributed by atoms with Gasteiger partial charge in [-0.2, -0.15) is 0 Å². The van der Waals surface area contributed by atoms with Crippen molar-refractivity contribution in [1.29, 1.82) is 0 Å². The second-order valence-corrected chi connectivity index (χ2v) is 4.70. The number of hydrogen-bond acceptors (Lipinski definition) is 1. The van der Waals surface area contributed by atoms with E-state index in [1.807, 2.05) is 74.2 Å². The molecule has 2 nitrogen and oxygen atoms in total. The third-order valence-electron chi connectivity index (χ3n) is 3.25. The lowest BCUT2D eigenvalue weighted by Gasteiger charge is -2.22. The molecule has 0 unspecified atom stereocenters. The standard InChI is InChI=1S/C17H19NO/c1-4-18(15-10-7-8-13(2)12-15)17(19)16-11-6-5-9-14(16)3/h5-12H,4H2,1-3H3. The van der Waals surface area contributed by atoms with Crippen LogP contribution in [0.3, 0.4) is 0 Å². The highest BCUT2D eigenvalue weighted by Gasteiger charge is 2.17. The first-order chi connectivity index (χ1) is 9.13. The van der Waals surface area contributed by atoms with Gasteiger partial charge in [-0.3, -0.25) is 4.79 Å². The molecule has 0 saturated carbocycles. The molecule has 19 heavy (non-hydrogen) atoms. The fourth-order valence-electron chi connectivity index (χ4n) is 2.20. The lowest BCUT2D eigenvalue weighted by Crippen LogP contribution is -2.31. The average Bonchev–Trinajstić information content (AvgIpc) is 2.40. The minimum absolute atomic E-state index is 0.0613. The van der Waals surface area contributed by atoms with Crippen LogP contribution in [0, 0.1) is 13.8 Å². The van der Waals surface area contributed by atoms with E-state index in [-0.39, 0.29) is 5.91 Å². The molecular formula is C17H19NO. The van der Waals surface area contributed by atoms with E-state index < -0.39 is 0 Å². The number of benzene rings is 2. The van der Waals surface area contributed by atoms with Crippen molar-refractivity contribution >= 4 is 11.6 Å². The van der Waals surface area contributed by atoms with Crippen LogP contribution in [0.5, 0.6) is 0 Å². The van der Waals surface area contributed by atoms with E-state index in [0.29, 0.717) is 6.54 Å². The first-order valence-corrected chi connectivity index (χ1v) is 6.57. The summed E-state index contributed by atoms with van der Waals surface area (Å²) in [5.74, 6) is 0.0613. The second-order valence-electron chi connectivity index (χ2n) is 4.70. The van der Waals surface area contributed by atoms with Gasteiger partial charge in [-0.1, -0.05) is 30.3 Å². The lowest BCUT2D eigenvalue weighted by molar-refractivity contribution is 0.0987. The van der Waals surface area contributed by atoms with Crippen LogP contribution < -0.4 is 4.90 Å². The van der Waals surface area contributed by atoms with E-state index in [2.05, 4.69) is 0 Å². The number of anilines is 1. The zero-order chi connectivity index (χ0) is 13.8. The predicted octanol–water partition coefficient (Wildman–Crippen LogP) is 3.97. The second kappa shape index (κ2) is 5.70. The molecule has 2 rings (SSSR count). The van der Waals surface area contributed by atoms with Gasteiger partial charge >= 0.3 is 0 Å². The summed E-state index contributed by atoms with van der Waals surface area (Å²) in [7, 11) is 0.